The Morgan fingerprint density at radius 3 is 2.22 bits per heavy atom. The number of sulfonamides is 1. The average Bonchev–Trinajstić information content (AvgIpc) is 3.30. The van der Waals surface area contributed by atoms with Crippen LogP contribution in [0, 0.1) is 0 Å². The van der Waals surface area contributed by atoms with Gasteiger partial charge in [0, 0.05) is 12.1 Å². The van der Waals surface area contributed by atoms with Gasteiger partial charge in [0.05, 0.1) is 11.8 Å². The largest absolute Gasteiger partial charge is 0.444 e. The van der Waals surface area contributed by atoms with Gasteiger partial charge < -0.3 is 30.7 Å². The summed E-state index contributed by atoms with van der Waals surface area (Å²) in [6.07, 6.45) is -1.90. The number of nitrogens with one attached hydrogen (secondary N) is 3. The lowest BCUT2D eigenvalue weighted by Crippen LogP contribution is -2.60. The normalized spacial score (nSPS) is 18.1. The highest BCUT2D eigenvalue weighted by Gasteiger charge is 2.41. The summed E-state index contributed by atoms with van der Waals surface area (Å²) < 4.78 is 28.9. The molecule has 1 heterocycles. The van der Waals surface area contributed by atoms with E-state index in [0.717, 1.165) is 0 Å². The molecule has 4 amide bonds. The first-order valence-corrected chi connectivity index (χ1v) is 15.1. The molecule has 0 saturated carbocycles. The number of hydrogen-bond donors (Lipinski definition) is 5. The highest BCUT2D eigenvalue weighted by atomic mass is 32.2. The van der Waals surface area contributed by atoms with Gasteiger partial charge in [-0.05, 0) is 66.4 Å². The summed E-state index contributed by atoms with van der Waals surface area (Å²) >= 11 is 0. The summed E-state index contributed by atoms with van der Waals surface area (Å²) in [5.74, 6) is -3.07. The van der Waals surface area contributed by atoms with Gasteiger partial charge in [-0.3, -0.25) is 14.4 Å². The van der Waals surface area contributed by atoms with E-state index in [1.807, 2.05) is 20.8 Å². The second-order valence-corrected chi connectivity index (χ2v) is 13.9. The molecule has 230 valence electrons. The van der Waals surface area contributed by atoms with Crippen molar-refractivity contribution in [3.8, 4) is 0 Å². The van der Waals surface area contributed by atoms with Gasteiger partial charge in [-0.25, -0.2) is 18.4 Å². The van der Waals surface area contributed by atoms with Crippen molar-refractivity contribution in [1.82, 2.24) is 20.9 Å². The maximum absolute atomic E-state index is 13.5. The Hall–Kier alpha value is -3.23. The fourth-order valence-electron chi connectivity index (χ4n) is 4.36. The van der Waals surface area contributed by atoms with Gasteiger partial charge in [-0.15, -0.1) is 0 Å². The molecule has 1 aromatic rings. The molecular formula is C27H43N5O8S. The molecule has 41 heavy (non-hydrogen) atoms. The van der Waals surface area contributed by atoms with Crippen LogP contribution in [-0.4, -0.2) is 89.9 Å². The zero-order valence-corrected chi connectivity index (χ0v) is 25.3. The number of aliphatic hydroxyl groups excluding tert-OH is 1. The summed E-state index contributed by atoms with van der Waals surface area (Å²) in [5, 5.41) is 24.0. The Morgan fingerprint density at radius 2 is 1.68 bits per heavy atom. The molecular weight excluding hydrogens is 554 g/mol. The van der Waals surface area contributed by atoms with Crippen LogP contribution in [0.1, 0.15) is 59.9 Å². The number of carbonyl (C=O) groups is 4. The summed E-state index contributed by atoms with van der Waals surface area (Å²) in [7, 11) is -4.25. The molecule has 0 aliphatic carbocycles. The number of benzene rings is 1. The van der Waals surface area contributed by atoms with Crippen molar-refractivity contribution in [2.45, 2.75) is 96.2 Å². The Labute approximate surface area is 241 Å². The predicted octanol–water partition coefficient (Wildman–Crippen LogP) is 0.162. The van der Waals surface area contributed by atoms with Crippen molar-refractivity contribution < 1.29 is 37.4 Å². The molecule has 14 heteroatoms. The van der Waals surface area contributed by atoms with Crippen molar-refractivity contribution in [2.24, 2.45) is 5.14 Å². The zero-order valence-electron chi connectivity index (χ0n) is 24.5. The van der Waals surface area contributed by atoms with Crippen molar-refractivity contribution in [3.05, 3.63) is 35.9 Å². The second kappa shape index (κ2) is 13.6. The minimum Gasteiger partial charge on any atom is -0.444 e. The third kappa shape index (κ3) is 11.7. The smallest absolute Gasteiger partial charge is 0.408 e. The van der Waals surface area contributed by atoms with E-state index in [1.54, 1.807) is 51.1 Å². The van der Waals surface area contributed by atoms with Gasteiger partial charge in [0.25, 0.3) is 5.91 Å². The molecule has 1 fully saturated rings. The van der Waals surface area contributed by atoms with E-state index in [2.05, 4.69) is 16.0 Å². The number of likely N-dealkylation sites (tertiary alicyclic amines) is 1. The van der Waals surface area contributed by atoms with Crippen LogP contribution < -0.4 is 21.1 Å². The van der Waals surface area contributed by atoms with Gasteiger partial charge in [0.15, 0.2) is 6.10 Å². The van der Waals surface area contributed by atoms with Crippen molar-refractivity contribution >= 4 is 33.8 Å². The molecule has 6 N–H and O–H groups in total. The van der Waals surface area contributed by atoms with Crippen LogP contribution in [0.15, 0.2) is 30.3 Å². The molecule has 0 radical (unpaired) electrons. The first-order chi connectivity index (χ1) is 18.8. The number of hydrogen-bond acceptors (Lipinski definition) is 8. The standard InChI is InChI=1S/C27H43N5O8S/c1-26(2,3)31-23(35)20-13-10-14-32(20)24(36)21(33)18(15-17-11-8-7-9-12-17)29-22(34)19(16-41(28,38)39)30-25(37)40-27(4,5)6/h7-9,11-12,18-21,33H,10,13-16H2,1-6H3,(H,29,34)(H,30,37)(H,31,35)(H2,28,38,39)/t18-,19-,20-,21-/m0/s1. The Bertz CT molecular complexity index is 1190. The van der Waals surface area contributed by atoms with E-state index < -0.39 is 69.1 Å². The molecule has 2 rings (SSSR count). The van der Waals surface area contributed by atoms with Crippen molar-refractivity contribution in [1.29, 1.82) is 0 Å². The van der Waals surface area contributed by atoms with E-state index in [1.165, 1.54) is 4.90 Å². The lowest BCUT2D eigenvalue weighted by molar-refractivity contribution is -0.147. The maximum atomic E-state index is 13.5. The predicted molar refractivity (Wildman–Crippen MR) is 152 cm³/mol. The fourth-order valence-corrected chi connectivity index (χ4v) is 5.06. The first-order valence-electron chi connectivity index (χ1n) is 13.4. The van der Waals surface area contributed by atoms with Gasteiger partial charge in [-0.1, -0.05) is 30.3 Å². The Kier molecular flexibility index (Phi) is 11.3. The molecule has 0 unspecified atom stereocenters. The Balaban J connectivity index is 2.32. The number of nitrogens with zero attached hydrogens (tertiary/aromatic N) is 1. The number of ether oxygens (including phenoxy) is 1. The van der Waals surface area contributed by atoms with Crippen LogP contribution in [0.5, 0.6) is 0 Å². The number of alkyl carbamates (subject to hydrolysis) is 1. The molecule has 4 atom stereocenters. The topological polar surface area (TPSA) is 197 Å². The molecule has 1 aliphatic heterocycles. The van der Waals surface area contributed by atoms with Crippen LogP contribution >= 0.6 is 0 Å². The number of aliphatic hydroxyl groups is 1. The average molecular weight is 598 g/mol. The maximum Gasteiger partial charge on any atom is 0.408 e. The van der Waals surface area contributed by atoms with E-state index in [9.17, 15) is 32.7 Å². The number of carbonyl (C=O) groups excluding carboxylic acids is 4. The summed E-state index contributed by atoms with van der Waals surface area (Å²) in [4.78, 5) is 53.3. The zero-order chi connectivity index (χ0) is 31.2. The molecule has 13 nitrogen and oxygen atoms in total. The second-order valence-electron chi connectivity index (χ2n) is 12.2. The minimum atomic E-state index is -4.25. The summed E-state index contributed by atoms with van der Waals surface area (Å²) in [6, 6.07) is 4.99. The fraction of sp³-hybridized carbons (Fsp3) is 0.630. The quantitative estimate of drug-likeness (QED) is 0.251. The molecule has 0 aromatic heterocycles. The van der Waals surface area contributed by atoms with E-state index in [0.29, 0.717) is 18.4 Å². The minimum absolute atomic E-state index is 0.0132. The Morgan fingerprint density at radius 1 is 1.07 bits per heavy atom. The van der Waals surface area contributed by atoms with Gasteiger partial charge in [-0.2, -0.15) is 0 Å². The van der Waals surface area contributed by atoms with Crippen LogP contribution in [0.2, 0.25) is 0 Å². The SMILES string of the molecule is CC(C)(C)NC(=O)[C@@H]1CCCN1C(=O)[C@@H](O)[C@H](Cc1ccccc1)NC(=O)[C@H](CS(N)(=O)=O)NC(=O)OC(C)(C)C. The summed E-state index contributed by atoms with van der Waals surface area (Å²) in [6.45, 7) is 10.4. The van der Waals surface area contributed by atoms with Gasteiger partial charge in [0.2, 0.25) is 21.8 Å². The van der Waals surface area contributed by atoms with E-state index >= 15 is 0 Å². The lowest BCUT2D eigenvalue weighted by atomic mass is 9.99. The third-order valence-electron chi connectivity index (χ3n) is 6.00. The molecule has 0 bridgehead atoms. The van der Waals surface area contributed by atoms with Crippen LogP contribution in [0.4, 0.5) is 4.79 Å². The number of primary sulfonamides is 1. The molecule has 1 saturated heterocycles. The van der Waals surface area contributed by atoms with E-state index in [-0.39, 0.29) is 18.9 Å². The third-order valence-corrected chi connectivity index (χ3v) is 6.80. The highest BCUT2D eigenvalue weighted by Crippen LogP contribution is 2.21. The van der Waals surface area contributed by atoms with Crippen molar-refractivity contribution in [2.75, 3.05) is 12.3 Å². The highest BCUT2D eigenvalue weighted by molar-refractivity contribution is 7.89. The number of rotatable bonds is 10. The molecule has 1 aromatic carbocycles. The van der Waals surface area contributed by atoms with Crippen LogP contribution in [-0.2, 0) is 35.6 Å². The number of nitrogens with two attached hydrogens (primary N) is 1. The van der Waals surface area contributed by atoms with Gasteiger partial charge in [0.1, 0.15) is 17.7 Å². The van der Waals surface area contributed by atoms with Crippen LogP contribution in [0.25, 0.3) is 0 Å². The lowest BCUT2D eigenvalue weighted by Gasteiger charge is -2.32. The summed E-state index contributed by atoms with van der Waals surface area (Å²) in [5.41, 5.74) is -0.802. The van der Waals surface area contributed by atoms with Gasteiger partial charge >= 0.3 is 6.09 Å². The van der Waals surface area contributed by atoms with Crippen LogP contribution in [0.3, 0.4) is 0 Å². The number of amides is 4. The van der Waals surface area contributed by atoms with E-state index in [4.69, 9.17) is 9.88 Å². The van der Waals surface area contributed by atoms with Crippen molar-refractivity contribution in [3.63, 3.8) is 0 Å². The molecule has 1 aliphatic rings. The molecule has 0 spiro atoms. The monoisotopic (exact) mass is 597 g/mol. The first kappa shape index (κ1) is 34.0.